The van der Waals surface area contributed by atoms with E-state index >= 15 is 0 Å². The number of likely N-dealkylation sites (N-methyl/N-ethyl adjacent to an activating group) is 1. The van der Waals surface area contributed by atoms with Crippen molar-refractivity contribution < 1.29 is 9.47 Å². The van der Waals surface area contributed by atoms with Gasteiger partial charge in [0.25, 0.3) is 0 Å². The lowest BCUT2D eigenvalue weighted by Crippen LogP contribution is -2.46. The molecule has 0 spiro atoms. The molecule has 1 atom stereocenters. The zero-order valence-corrected chi connectivity index (χ0v) is 19.9. The first-order valence-corrected chi connectivity index (χ1v) is 12.0. The largest absolute Gasteiger partial charge is 0.494 e. The molecule has 7 heteroatoms. The number of hydrogen-bond donors (Lipinski definition) is 2. The molecule has 3 rings (SSSR count). The maximum Gasteiger partial charge on any atom is 0.191 e. The van der Waals surface area contributed by atoms with Crippen LogP contribution in [0.25, 0.3) is 0 Å². The van der Waals surface area contributed by atoms with Crippen LogP contribution in [0.15, 0.2) is 17.1 Å². The molecule has 1 aromatic rings. The number of fused-ring (bicyclic) bond motifs is 1. The lowest BCUT2D eigenvalue weighted by molar-refractivity contribution is 0.136. The number of unbranched alkanes of at least 4 members (excludes halogenated alkanes) is 1. The Hall–Kier alpha value is -1.99. The molecule has 31 heavy (non-hydrogen) atoms. The Morgan fingerprint density at radius 3 is 2.61 bits per heavy atom. The molecular formula is C24H41N5O2. The summed E-state index contributed by atoms with van der Waals surface area (Å²) in [4.78, 5) is 9.49. The molecule has 174 valence electrons. The third kappa shape index (κ3) is 7.01. The molecule has 0 aliphatic carbocycles. The first kappa shape index (κ1) is 23.7. The van der Waals surface area contributed by atoms with Gasteiger partial charge in [-0.3, -0.25) is 4.99 Å². The minimum Gasteiger partial charge on any atom is -0.494 e. The van der Waals surface area contributed by atoms with E-state index in [0.717, 1.165) is 42.4 Å². The van der Waals surface area contributed by atoms with Crippen LogP contribution >= 0.6 is 0 Å². The molecule has 1 saturated heterocycles. The molecule has 2 N–H and O–H groups in total. The second kappa shape index (κ2) is 12.2. The maximum absolute atomic E-state index is 5.93. The summed E-state index contributed by atoms with van der Waals surface area (Å²) in [6, 6.07) is 4.25. The van der Waals surface area contributed by atoms with Crippen LogP contribution in [-0.2, 0) is 13.0 Å². The fourth-order valence-electron chi connectivity index (χ4n) is 4.31. The zero-order chi connectivity index (χ0) is 22.1. The smallest absolute Gasteiger partial charge is 0.191 e. The number of aliphatic imine (C=N–C) groups is 1. The van der Waals surface area contributed by atoms with Gasteiger partial charge in [0.05, 0.1) is 6.61 Å². The first-order valence-electron chi connectivity index (χ1n) is 12.0. The third-order valence-electron chi connectivity index (χ3n) is 6.15. The SMILES string of the molecule is CCOc1cc2c(cc1CNC(=NC)NCCCCN1CCN(CC)CC1)OC(C)C2. The molecule has 2 heterocycles. The number of nitrogens with zero attached hydrogens (tertiary/aromatic N) is 3. The van der Waals surface area contributed by atoms with Crippen molar-refractivity contribution in [3.63, 3.8) is 0 Å². The van der Waals surface area contributed by atoms with Crippen molar-refractivity contribution in [1.29, 1.82) is 0 Å². The Balaban J connectivity index is 1.39. The van der Waals surface area contributed by atoms with Crippen LogP contribution in [0.4, 0.5) is 0 Å². The topological polar surface area (TPSA) is 61.4 Å². The first-order chi connectivity index (χ1) is 15.1. The molecule has 1 fully saturated rings. The van der Waals surface area contributed by atoms with E-state index in [-0.39, 0.29) is 6.10 Å². The molecule has 1 aromatic carbocycles. The van der Waals surface area contributed by atoms with Crippen molar-refractivity contribution in [1.82, 2.24) is 20.4 Å². The zero-order valence-electron chi connectivity index (χ0n) is 19.9. The highest BCUT2D eigenvalue weighted by Crippen LogP contribution is 2.35. The lowest BCUT2D eigenvalue weighted by atomic mass is 10.1. The Labute approximate surface area is 188 Å². The molecule has 0 radical (unpaired) electrons. The number of hydrogen-bond acceptors (Lipinski definition) is 5. The summed E-state index contributed by atoms with van der Waals surface area (Å²) < 4.78 is 11.8. The minimum absolute atomic E-state index is 0.234. The quantitative estimate of drug-likeness (QED) is 0.337. The van der Waals surface area contributed by atoms with Gasteiger partial charge in [0.2, 0.25) is 0 Å². The third-order valence-corrected chi connectivity index (χ3v) is 6.15. The van der Waals surface area contributed by atoms with Crippen LogP contribution in [0.5, 0.6) is 11.5 Å². The molecule has 1 unspecified atom stereocenters. The number of rotatable bonds is 10. The highest BCUT2D eigenvalue weighted by atomic mass is 16.5. The van der Waals surface area contributed by atoms with Crippen LogP contribution in [0.1, 0.15) is 44.7 Å². The molecule has 0 bridgehead atoms. The van der Waals surface area contributed by atoms with E-state index < -0.39 is 0 Å². The summed E-state index contributed by atoms with van der Waals surface area (Å²) in [5.41, 5.74) is 2.34. The molecule has 2 aliphatic heterocycles. The van der Waals surface area contributed by atoms with Crippen molar-refractivity contribution in [2.45, 2.75) is 52.7 Å². The maximum atomic E-state index is 5.93. The van der Waals surface area contributed by atoms with Gasteiger partial charge in [-0.2, -0.15) is 0 Å². The van der Waals surface area contributed by atoms with Crippen LogP contribution in [0.3, 0.4) is 0 Å². The van der Waals surface area contributed by atoms with Crippen LogP contribution in [0.2, 0.25) is 0 Å². The van der Waals surface area contributed by atoms with Gasteiger partial charge in [0.15, 0.2) is 5.96 Å². The number of ether oxygens (including phenoxy) is 2. The van der Waals surface area contributed by atoms with Gasteiger partial charge >= 0.3 is 0 Å². The standard InChI is InChI=1S/C24H41N5O2/c1-5-28-11-13-29(14-12-28)10-8-7-9-26-24(25-4)27-18-21-17-23-20(15-19(3)31-23)16-22(21)30-6-2/h16-17,19H,5-15,18H2,1-4H3,(H2,25,26,27). The van der Waals surface area contributed by atoms with E-state index in [0.29, 0.717) is 13.2 Å². The van der Waals surface area contributed by atoms with Crippen LogP contribution < -0.4 is 20.1 Å². The van der Waals surface area contributed by atoms with Gasteiger partial charge in [-0.15, -0.1) is 0 Å². The number of guanidine groups is 1. The normalized spacial score (nSPS) is 19.7. The van der Waals surface area contributed by atoms with Gasteiger partial charge in [0, 0.05) is 63.9 Å². The van der Waals surface area contributed by atoms with Gasteiger partial charge < -0.3 is 29.9 Å². The van der Waals surface area contributed by atoms with Gasteiger partial charge in [0.1, 0.15) is 17.6 Å². The van der Waals surface area contributed by atoms with E-state index in [1.807, 2.05) is 14.0 Å². The summed E-state index contributed by atoms with van der Waals surface area (Å²) in [5.74, 6) is 2.74. The number of benzene rings is 1. The van der Waals surface area contributed by atoms with E-state index in [9.17, 15) is 0 Å². The Bertz CT molecular complexity index is 716. The Morgan fingerprint density at radius 2 is 1.90 bits per heavy atom. The van der Waals surface area contributed by atoms with Crippen molar-refractivity contribution in [3.05, 3.63) is 23.3 Å². The van der Waals surface area contributed by atoms with E-state index in [4.69, 9.17) is 9.47 Å². The minimum atomic E-state index is 0.234. The lowest BCUT2D eigenvalue weighted by Gasteiger charge is -2.34. The van der Waals surface area contributed by atoms with E-state index in [1.54, 1.807) is 0 Å². The fourth-order valence-corrected chi connectivity index (χ4v) is 4.31. The average Bonchev–Trinajstić information content (AvgIpc) is 3.15. The number of piperazine rings is 1. The van der Waals surface area contributed by atoms with Crippen molar-refractivity contribution >= 4 is 5.96 Å². The highest BCUT2D eigenvalue weighted by Gasteiger charge is 2.22. The monoisotopic (exact) mass is 431 g/mol. The summed E-state index contributed by atoms with van der Waals surface area (Å²) in [7, 11) is 1.82. The molecule has 0 aromatic heterocycles. The summed E-state index contributed by atoms with van der Waals surface area (Å²) >= 11 is 0. The van der Waals surface area contributed by atoms with E-state index in [1.165, 1.54) is 51.3 Å². The molecule has 7 nitrogen and oxygen atoms in total. The van der Waals surface area contributed by atoms with Crippen LogP contribution in [0, 0.1) is 0 Å². The fraction of sp³-hybridized carbons (Fsp3) is 0.708. The van der Waals surface area contributed by atoms with E-state index in [2.05, 4.69) is 51.4 Å². The predicted octanol–water partition coefficient (Wildman–Crippen LogP) is 2.49. The van der Waals surface area contributed by atoms with Crippen molar-refractivity contribution in [3.8, 4) is 11.5 Å². The summed E-state index contributed by atoms with van der Waals surface area (Å²) in [5, 5.41) is 6.87. The van der Waals surface area contributed by atoms with Gasteiger partial charge in [-0.05, 0) is 51.9 Å². The average molecular weight is 432 g/mol. The Morgan fingerprint density at radius 1 is 1.13 bits per heavy atom. The molecular weight excluding hydrogens is 390 g/mol. The second-order valence-electron chi connectivity index (χ2n) is 8.47. The predicted molar refractivity (Wildman–Crippen MR) is 127 cm³/mol. The summed E-state index contributed by atoms with van der Waals surface area (Å²) in [6.45, 7) is 15.8. The summed E-state index contributed by atoms with van der Waals surface area (Å²) in [6.07, 6.45) is 3.53. The van der Waals surface area contributed by atoms with Gasteiger partial charge in [-0.25, -0.2) is 0 Å². The Kier molecular flexibility index (Phi) is 9.28. The van der Waals surface area contributed by atoms with Crippen molar-refractivity contribution in [2.24, 2.45) is 4.99 Å². The molecule has 0 saturated carbocycles. The second-order valence-corrected chi connectivity index (χ2v) is 8.47. The molecule has 2 aliphatic rings. The van der Waals surface area contributed by atoms with Gasteiger partial charge in [-0.1, -0.05) is 6.92 Å². The molecule has 0 amide bonds. The van der Waals surface area contributed by atoms with Crippen molar-refractivity contribution in [2.75, 3.05) is 59.5 Å². The number of nitrogens with one attached hydrogen (secondary N) is 2. The highest BCUT2D eigenvalue weighted by molar-refractivity contribution is 5.79. The van der Waals surface area contributed by atoms with Crippen LogP contribution in [-0.4, -0.2) is 81.3 Å².